The van der Waals surface area contributed by atoms with E-state index in [4.69, 9.17) is 23.2 Å². The van der Waals surface area contributed by atoms with Gasteiger partial charge in [0.05, 0.1) is 28.6 Å². The predicted molar refractivity (Wildman–Crippen MR) is 102 cm³/mol. The maximum atomic E-state index is 12.6. The molecule has 1 saturated heterocycles. The van der Waals surface area contributed by atoms with Crippen LogP contribution in [0.5, 0.6) is 0 Å². The summed E-state index contributed by atoms with van der Waals surface area (Å²) >= 11 is 12.5. The van der Waals surface area contributed by atoms with Crippen molar-refractivity contribution in [1.82, 2.24) is 20.4 Å². The van der Waals surface area contributed by atoms with Crippen LogP contribution in [0.15, 0.2) is 6.20 Å². The molecule has 7 nitrogen and oxygen atoms in total. The largest absolute Gasteiger partial charge is 0.348 e. The van der Waals surface area contributed by atoms with E-state index in [0.717, 1.165) is 38.8 Å². The van der Waals surface area contributed by atoms with E-state index in [9.17, 15) is 9.59 Å². The Morgan fingerprint density at radius 2 is 1.96 bits per heavy atom. The van der Waals surface area contributed by atoms with Crippen LogP contribution >= 0.6 is 23.2 Å². The highest BCUT2D eigenvalue weighted by molar-refractivity contribution is 6.31. The molecule has 1 aromatic rings. The number of nitrogens with one attached hydrogen (secondary N) is 3. The number of aromatic nitrogens is 2. The summed E-state index contributed by atoms with van der Waals surface area (Å²) in [6.07, 6.45) is 5.64. The van der Waals surface area contributed by atoms with Crippen molar-refractivity contribution in [3.63, 3.8) is 0 Å². The van der Waals surface area contributed by atoms with Crippen molar-refractivity contribution < 1.29 is 9.59 Å². The SMILES string of the molecule is CN1CCC(NC(=O)c2[nH]ncc2NC(=O)[C@H]2CCCC(Cl)C2Cl)CC1. The Bertz CT molecular complexity index is 645. The number of aromatic amines is 1. The highest BCUT2D eigenvalue weighted by atomic mass is 35.5. The predicted octanol–water partition coefficient (Wildman–Crippen LogP) is 2.19. The van der Waals surface area contributed by atoms with Gasteiger partial charge in [-0.05, 0) is 45.8 Å². The van der Waals surface area contributed by atoms with Crippen LogP contribution in [0.4, 0.5) is 5.69 Å². The number of hydrogen-bond acceptors (Lipinski definition) is 4. The summed E-state index contributed by atoms with van der Waals surface area (Å²) in [4.78, 5) is 27.4. The Morgan fingerprint density at radius 1 is 1.23 bits per heavy atom. The van der Waals surface area contributed by atoms with E-state index in [1.54, 1.807) is 0 Å². The lowest BCUT2D eigenvalue weighted by Crippen LogP contribution is -2.43. The fraction of sp³-hybridized carbons (Fsp3) is 0.706. The van der Waals surface area contributed by atoms with Gasteiger partial charge in [-0.25, -0.2) is 0 Å². The molecular formula is C17H25Cl2N5O2. The topological polar surface area (TPSA) is 90.1 Å². The fourth-order valence-electron chi connectivity index (χ4n) is 3.57. The number of H-pyrrole nitrogens is 1. The van der Waals surface area contributed by atoms with Crippen molar-refractivity contribution in [2.75, 3.05) is 25.5 Å². The molecule has 3 atom stereocenters. The van der Waals surface area contributed by atoms with E-state index in [0.29, 0.717) is 12.1 Å². The average Bonchev–Trinajstić information content (AvgIpc) is 3.07. The minimum atomic E-state index is -0.408. The van der Waals surface area contributed by atoms with Crippen molar-refractivity contribution in [3.05, 3.63) is 11.9 Å². The summed E-state index contributed by atoms with van der Waals surface area (Å²) in [6.45, 7) is 1.91. The molecule has 2 unspecified atom stereocenters. The number of anilines is 1. The zero-order valence-electron chi connectivity index (χ0n) is 14.8. The van der Waals surface area contributed by atoms with Crippen LogP contribution in [0.25, 0.3) is 0 Å². The molecule has 1 aliphatic carbocycles. The molecule has 3 rings (SSSR count). The normalized spacial score (nSPS) is 27.9. The van der Waals surface area contributed by atoms with Gasteiger partial charge < -0.3 is 15.5 Å². The second-order valence-corrected chi connectivity index (χ2v) is 8.26. The first-order valence-corrected chi connectivity index (χ1v) is 9.94. The Hall–Kier alpha value is -1.31. The number of carbonyl (C=O) groups excluding carboxylic acids is 2. The maximum absolute atomic E-state index is 12.6. The smallest absolute Gasteiger partial charge is 0.271 e. The van der Waals surface area contributed by atoms with Crippen molar-refractivity contribution in [1.29, 1.82) is 0 Å². The van der Waals surface area contributed by atoms with E-state index in [1.165, 1.54) is 6.20 Å². The molecule has 0 bridgehead atoms. The van der Waals surface area contributed by atoms with Crippen LogP contribution in [0.2, 0.25) is 0 Å². The second kappa shape index (κ2) is 8.59. The monoisotopic (exact) mass is 401 g/mol. The Balaban J connectivity index is 1.61. The van der Waals surface area contributed by atoms with Gasteiger partial charge >= 0.3 is 0 Å². The first kappa shape index (κ1) is 19.5. The van der Waals surface area contributed by atoms with Gasteiger partial charge in [-0.1, -0.05) is 6.42 Å². The van der Waals surface area contributed by atoms with Crippen LogP contribution in [-0.4, -0.2) is 63.8 Å². The summed E-state index contributed by atoms with van der Waals surface area (Å²) in [5, 5.41) is 11.8. The van der Waals surface area contributed by atoms with Gasteiger partial charge in [0.1, 0.15) is 5.69 Å². The van der Waals surface area contributed by atoms with Gasteiger partial charge in [-0.15, -0.1) is 23.2 Å². The van der Waals surface area contributed by atoms with Crippen LogP contribution in [0, 0.1) is 5.92 Å². The van der Waals surface area contributed by atoms with E-state index in [1.807, 2.05) is 0 Å². The van der Waals surface area contributed by atoms with Crippen molar-refractivity contribution >= 4 is 40.7 Å². The number of halogens is 2. The molecule has 1 aromatic heterocycles. The molecule has 0 spiro atoms. The number of rotatable bonds is 4. The number of piperidine rings is 1. The Kier molecular flexibility index (Phi) is 6.42. The summed E-state index contributed by atoms with van der Waals surface area (Å²) in [7, 11) is 2.07. The molecular weight excluding hydrogens is 377 g/mol. The van der Waals surface area contributed by atoms with Gasteiger partial charge in [0.2, 0.25) is 5.91 Å². The number of likely N-dealkylation sites (tertiary alicyclic amines) is 1. The summed E-state index contributed by atoms with van der Waals surface area (Å²) in [5.74, 6) is -0.841. The van der Waals surface area contributed by atoms with Crippen LogP contribution in [-0.2, 0) is 4.79 Å². The van der Waals surface area contributed by atoms with E-state index >= 15 is 0 Å². The molecule has 1 saturated carbocycles. The standard InChI is InChI=1S/C17H25Cl2N5O2/c1-24-7-5-10(6-8-24)21-17(26)15-13(9-20-23-15)22-16(25)11-3-2-4-12(18)14(11)19/h9-12,14H,2-8H2,1H3,(H,20,23)(H,21,26)(H,22,25)/t11-,12?,14?/m0/s1. The molecule has 1 aliphatic heterocycles. The molecule has 2 amide bonds. The number of amides is 2. The minimum absolute atomic E-state index is 0.133. The molecule has 0 aromatic carbocycles. The first-order valence-electron chi connectivity index (χ1n) is 9.07. The molecule has 0 radical (unpaired) electrons. The highest BCUT2D eigenvalue weighted by Crippen LogP contribution is 2.33. The molecule has 3 N–H and O–H groups in total. The molecule has 2 aliphatic rings. The Labute approximate surface area is 163 Å². The quantitative estimate of drug-likeness (QED) is 0.674. The van der Waals surface area contributed by atoms with E-state index in [-0.39, 0.29) is 34.8 Å². The summed E-state index contributed by atoms with van der Waals surface area (Å²) in [5.41, 5.74) is 0.641. The number of nitrogens with zero attached hydrogens (tertiary/aromatic N) is 2. The van der Waals surface area contributed by atoms with E-state index < -0.39 is 5.38 Å². The highest BCUT2D eigenvalue weighted by Gasteiger charge is 2.36. The van der Waals surface area contributed by atoms with Crippen molar-refractivity contribution in [3.8, 4) is 0 Å². The molecule has 26 heavy (non-hydrogen) atoms. The van der Waals surface area contributed by atoms with Crippen LogP contribution < -0.4 is 10.6 Å². The molecule has 2 fully saturated rings. The van der Waals surface area contributed by atoms with Gasteiger partial charge in [-0.2, -0.15) is 5.10 Å². The third-order valence-electron chi connectivity index (χ3n) is 5.24. The van der Waals surface area contributed by atoms with Crippen LogP contribution in [0.1, 0.15) is 42.6 Å². The lowest BCUT2D eigenvalue weighted by atomic mass is 9.87. The van der Waals surface area contributed by atoms with Crippen molar-refractivity contribution in [2.45, 2.75) is 48.9 Å². The maximum Gasteiger partial charge on any atom is 0.271 e. The first-order chi connectivity index (χ1) is 12.5. The minimum Gasteiger partial charge on any atom is -0.348 e. The number of alkyl halides is 2. The van der Waals surface area contributed by atoms with E-state index in [2.05, 4.69) is 32.8 Å². The zero-order valence-corrected chi connectivity index (χ0v) is 16.3. The van der Waals surface area contributed by atoms with Gasteiger partial charge in [0.25, 0.3) is 5.91 Å². The molecule has 2 heterocycles. The molecule has 144 valence electrons. The molecule has 9 heteroatoms. The Morgan fingerprint density at radius 3 is 2.69 bits per heavy atom. The van der Waals surface area contributed by atoms with Gasteiger partial charge in [-0.3, -0.25) is 14.7 Å². The number of carbonyl (C=O) groups is 2. The fourth-order valence-corrected chi connectivity index (χ4v) is 4.27. The number of hydrogen-bond donors (Lipinski definition) is 3. The lowest BCUT2D eigenvalue weighted by Gasteiger charge is -2.30. The summed E-state index contributed by atoms with van der Waals surface area (Å²) < 4.78 is 0. The zero-order chi connectivity index (χ0) is 18.7. The third kappa shape index (κ3) is 4.50. The summed E-state index contributed by atoms with van der Waals surface area (Å²) in [6, 6.07) is 0.133. The van der Waals surface area contributed by atoms with Gasteiger partial charge in [0, 0.05) is 6.04 Å². The van der Waals surface area contributed by atoms with Crippen molar-refractivity contribution in [2.24, 2.45) is 5.92 Å². The third-order valence-corrected chi connectivity index (χ3v) is 6.47. The van der Waals surface area contributed by atoms with Crippen LogP contribution in [0.3, 0.4) is 0 Å². The lowest BCUT2D eigenvalue weighted by molar-refractivity contribution is -0.120. The average molecular weight is 402 g/mol. The van der Waals surface area contributed by atoms with Gasteiger partial charge in [0.15, 0.2) is 0 Å². The second-order valence-electron chi connectivity index (χ2n) is 7.20.